The number of unbranched alkanes of at least 4 members (excludes halogenated alkanes) is 67. The maximum absolute atomic E-state index is 2.45. The zero-order valence-electron chi connectivity index (χ0n) is 90.8. The van der Waals surface area contributed by atoms with Crippen molar-refractivity contribution in [1.29, 1.82) is 0 Å². The van der Waals surface area contributed by atoms with Gasteiger partial charge in [-0.15, -0.1) is 0 Å². The molecule has 0 heterocycles. The Bertz CT molecular complexity index is 2220. The summed E-state index contributed by atoms with van der Waals surface area (Å²) in [5.74, 6) is 0. The number of rotatable bonds is 87. The zero-order valence-corrected chi connectivity index (χ0v) is 94.6. The van der Waals surface area contributed by atoms with Gasteiger partial charge in [0.05, 0.1) is 122 Å². The molecule has 0 unspecified atom stereocenters. The van der Waals surface area contributed by atoms with E-state index in [9.17, 15) is 0 Å². The van der Waals surface area contributed by atoms with E-state index in [1.165, 1.54) is 565 Å². The van der Waals surface area contributed by atoms with Crippen molar-refractivity contribution in [2.24, 2.45) is 0 Å². The van der Waals surface area contributed by atoms with Crippen molar-refractivity contribution in [1.82, 2.24) is 0 Å². The molecule has 2 rings (SSSR count). The maximum Gasteiger partial charge on any atom is 0.119 e. The van der Waals surface area contributed by atoms with Gasteiger partial charge in [0.2, 0.25) is 0 Å². The van der Waals surface area contributed by atoms with Crippen LogP contribution in [0.15, 0.2) is 60.7 Å². The van der Waals surface area contributed by atoms with Crippen molar-refractivity contribution >= 4 is 0 Å². The van der Waals surface area contributed by atoms with E-state index in [1.54, 1.807) is 0 Å². The smallest absolute Gasteiger partial charge is 0.119 e. The number of hydrogen-bond acceptors (Lipinski definition) is 0. The molecule has 2 aromatic rings. The first-order valence-corrected chi connectivity index (χ1v) is 56.2. The number of hydrogen-bond donors (Lipinski definition) is 0. The third-order valence-corrected chi connectivity index (χ3v) is 28.4. The maximum atomic E-state index is 2.45. The molecule has 0 N–H and O–H groups in total. The van der Waals surface area contributed by atoms with Crippen LogP contribution in [0.3, 0.4) is 0 Å². The summed E-state index contributed by atoms with van der Waals surface area (Å²) in [7, 11) is 21.4. The molecule has 2 aromatic carbocycles. The van der Waals surface area contributed by atoms with Crippen LogP contribution >= 0.6 is 0 Å². The molecule has 5 nitrogen and oxygen atoms in total. The molecule has 0 bridgehead atoms. The third-order valence-electron chi connectivity index (χ3n) is 28.4. The van der Waals surface area contributed by atoms with Crippen molar-refractivity contribution in [2.45, 2.75) is 563 Å². The summed E-state index contributed by atoms with van der Waals surface area (Å²) in [4.78, 5) is 0. The van der Waals surface area contributed by atoms with Crippen molar-refractivity contribution in [3.8, 4) is 0 Å². The van der Waals surface area contributed by atoms with Gasteiger partial charge in [0, 0.05) is 11.1 Å². The van der Waals surface area contributed by atoms with E-state index < -0.39 is 0 Å². The average Bonchev–Trinajstić information content (AvgIpc) is 0.791. The summed E-state index contributed by atoms with van der Waals surface area (Å²) < 4.78 is 5.92. The Morgan fingerprint density at radius 2 is 0.354 bits per heavy atom. The second kappa shape index (κ2) is 106. The summed E-state index contributed by atoms with van der Waals surface area (Å²) in [5.41, 5.74) is 3.11. The minimum Gasteiger partial charge on any atom is -1.00 e. The van der Waals surface area contributed by atoms with Gasteiger partial charge in [-0.1, -0.05) is 494 Å². The van der Waals surface area contributed by atoms with Crippen LogP contribution < -0.4 is 62.0 Å². The molecule has 0 spiro atoms. The first-order valence-electron chi connectivity index (χ1n) is 56.2. The lowest BCUT2D eigenvalue weighted by molar-refractivity contribution is -0.945. The van der Waals surface area contributed by atoms with E-state index in [2.05, 4.69) is 200 Å². The molecule has 0 aliphatic carbocycles. The summed E-state index contributed by atoms with van der Waals surface area (Å²) in [6, 6.07) is 22.1. The minimum absolute atomic E-state index is 0. The fourth-order valence-electron chi connectivity index (χ4n) is 18.3. The number of benzene rings is 2. The van der Waals surface area contributed by atoms with E-state index in [0.29, 0.717) is 0 Å². The van der Waals surface area contributed by atoms with Gasteiger partial charge >= 0.3 is 0 Å². The van der Waals surface area contributed by atoms with Crippen LogP contribution in [-0.2, 0) is 12.1 Å². The number of halogens is 5. The predicted octanol–water partition coefficient (Wildman–Crippen LogP) is 22.9. The molecule has 0 atom stereocenters. The molecule has 127 heavy (non-hydrogen) atoms. The van der Waals surface area contributed by atoms with Crippen LogP contribution in [-0.4, -0.2) is 145 Å². The van der Waals surface area contributed by atoms with Gasteiger partial charge in [-0.3, -0.25) is 0 Å². The van der Waals surface area contributed by atoms with Gasteiger partial charge in [-0.25, -0.2) is 0 Å². The Labute approximate surface area is 835 Å². The second-order valence-corrected chi connectivity index (χ2v) is 43.1. The standard InChI is InChI=1S/C29H54N.C26H56N.C23H42N.C22H48N.C17H38N.5ClH/c1-6-7-8-9-10-11-12-13-14-15-16-17-18-19-20-24-27-30(4,5)29(2,3)28-25-22-21-23-26-28;1-5-7-9-11-13-15-17-19-21-23-25-27(3,4)26-24-22-20-18-16-14-12-10-8-6-2;1-4-7-8-9-10-11-12-13-14-18-21-24(5-2,6-3)22-23-19-16-15-17-20-23;1-5-7-9-11-13-15-17-19-21-23(3,4)22-20-18-16-14-12-10-8-6-2;1-5-6-7-8-9-10-11-12-13-14-15-16-17-18(2,3)4;;;;;/h21-23,25-26H,6-20,24,27H2,1-5H3;5-26H2,1-4H3;15-17,19-20H,4-14,18,21-22H2,1-3H3;5-22H2,1-4H3;5-17H2,1-4H3;5*1H/q5*+1;;;;;/p-5. The van der Waals surface area contributed by atoms with Crippen molar-refractivity contribution in [2.75, 3.05) is 122 Å². The first kappa shape index (κ1) is 142. The average molecular weight is 1890 g/mol. The summed E-state index contributed by atoms with van der Waals surface area (Å²) >= 11 is 0. The Kier molecular flexibility index (Phi) is 119. The van der Waals surface area contributed by atoms with Crippen molar-refractivity contribution < 1.29 is 84.5 Å². The Morgan fingerprint density at radius 3 is 0.543 bits per heavy atom. The van der Waals surface area contributed by atoms with E-state index in [1.807, 2.05) is 0 Å². The molecule has 0 aromatic heterocycles. The zero-order chi connectivity index (χ0) is 90.6. The van der Waals surface area contributed by atoms with Gasteiger partial charge in [-0.05, 0) is 118 Å². The minimum atomic E-state index is 0. The fourth-order valence-corrected chi connectivity index (χ4v) is 18.3. The second-order valence-electron chi connectivity index (χ2n) is 43.1. The first-order chi connectivity index (χ1) is 59.0. The van der Waals surface area contributed by atoms with E-state index in [-0.39, 0.29) is 67.6 Å². The Morgan fingerprint density at radius 1 is 0.189 bits per heavy atom. The van der Waals surface area contributed by atoms with Gasteiger partial charge < -0.3 is 84.5 Å². The molecule has 0 aliphatic heterocycles. The highest BCUT2D eigenvalue weighted by atomic mass is 35.5. The molecule has 766 valence electrons. The van der Waals surface area contributed by atoms with Crippen LogP contribution in [0.4, 0.5) is 0 Å². The Hall–Kier alpha value is -0.310. The molecule has 0 aliphatic rings. The Balaban J connectivity index is -0.000000232. The van der Waals surface area contributed by atoms with Crippen LogP contribution in [0.5, 0.6) is 0 Å². The molecule has 10 heteroatoms. The lowest BCUT2D eigenvalue weighted by atomic mass is 9.90. The van der Waals surface area contributed by atoms with E-state index >= 15 is 0 Å². The highest BCUT2D eigenvalue weighted by Gasteiger charge is 2.37. The number of nitrogens with zero attached hydrogens (tertiary/aromatic N) is 5. The highest BCUT2D eigenvalue weighted by Crippen LogP contribution is 2.33. The summed E-state index contributed by atoms with van der Waals surface area (Å²) in [5, 5.41) is 0. The quantitative estimate of drug-likeness (QED) is 0.0457. The monoisotopic (exact) mass is 1890 g/mol. The molecular weight excluding hydrogens is 1650 g/mol. The lowest BCUT2D eigenvalue weighted by Gasteiger charge is -2.45. The van der Waals surface area contributed by atoms with Crippen LogP contribution in [0.2, 0.25) is 0 Å². The fraction of sp³-hybridized carbons (Fsp3) is 0.897. The molecule has 0 amide bonds. The van der Waals surface area contributed by atoms with Crippen molar-refractivity contribution in [3.63, 3.8) is 0 Å². The van der Waals surface area contributed by atoms with Gasteiger partial charge in [-0.2, -0.15) is 0 Å². The summed E-state index contributed by atoms with van der Waals surface area (Å²) in [6.07, 6.45) is 107. The molecule has 0 saturated carbocycles. The topological polar surface area (TPSA) is 0 Å². The normalized spacial score (nSPS) is 11.6. The number of quaternary nitrogens is 5. The molecule has 0 fully saturated rings. The van der Waals surface area contributed by atoms with E-state index in [0.717, 1.165) is 8.97 Å². The van der Waals surface area contributed by atoms with Crippen LogP contribution in [0.25, 0.3) is 0 Å². The van der Waals surface area contributed by atoms with Gasteiger partial charge in [0.1, 0.15) is 12.1 Å². The van der Waals surface area contributed by atoms with Crippen LogP contribution in [0, 0.1) is 0 Å². The van der Waals surface area contributed by atoms with Gasteiger partial charge in [0.15, 0.2) is 0 Å². The van der Waals surface area contributed by atoms with Crippen LogP contribution in [0.1, 0.15) is 562 Å². The van der Waals surface area contributed by atoms with Crippen molar-refractivity contribution in [3.05, 3.63) is 71.8 Å². The SMILES string of the molecule is CCCCCCCCCCCCCCCCCC[N+](C)(C)C(C)(C)c1ccccc1.CCCCCCCCCCCCCC[N+](C)(C)C.CCCCCCCCCCCC[N+](C)(C)CCCCCCCCCCCC.CCCCCCCCCCCC[N+](CC)(CC)Cc1ccccc1.CCCCCCCCCC[N+](C)(C)CCCCCCCCCC.[Cl-].[Cl-].[Cl-].[Cl-].[Cl-]. The largest absolute Gasteiger partial charge is 1.00 e. The summed E-state index contributed by atoms with van der Waals surface area (Å²) in [6.45, 7) is 38.8. The molecular formula is C117H238Cl5N5. The third kappa shape index (κ3) is 103. The molecule has 0 radical (unpaired) electrons. The van der Waals surface area contributed by atoms with E-state index in [4.69, 9.17) is 0 Å². The van der Waals surface area contributed by atoms with Gasteiger partial charge in [0.25, 0.3) is 0 Å². The lowest BCUT2D eigenvalue weighted by Crippen LogP contribution is -3.00. The molecule has 0 saturated heterocycles. The highest BCUT2D eigenvalue weighted by molar-refractivity contribution is 5.21. The predicted molar refractivity (Wildman–Crippen MR) is 561 cm³/mol.